The molecule has 12 heteroatoms. The van der Waals surface area contributed by atoms with Crippen molar-refractivity contribution in [1.82, 2.24) is 29.2 Å². The molecule has 1 aliphatic rings. The Labute approximate surface area is 213 Å². The van der Waals surface area contributed by atoms with Crippen LogP contribution in [0.4, 0.5) is 0 Å². The summed E-state index contributed by atoms with van der Waals surface area (Å²) in [6.45, 7) is 9.20. The summed E-state index contributed by atoms with van der Waals surface area (Å²) in [5.74, 6) is 1.08. The van der Waals surface area contributed by atoms with Crippen molar-refractivity contribution in [2.45, 2.75) is 11.9 Å². The highest BCUT2D eigenvalue weighted by Crippen LogP contribution is 2.17. The van der Waals surface area contributed by atoms with Gasteiger partial charge in [-0.15, -0.1) is 26.7 Å². The third kappa shape index (κ3) is 7.18. The van der Waals surface area contributed by atoms with Crippen molar-refractivity contribution in [3.63, 3.8) is 0 Å². The number of fused-ring (bicyclic) bond motifs is 1. The van der Waals surface area contributed by atoms with E-state index in [0.717, 1.165) is 11.3 Å². The van der Waals surface area contributed by atoms with E-state index in [4.69, 9.17) is 18.9 Å². The van der Waals surface area contributed by atoms with Crippen LogP contribution in [0.15, 0.2) is 55.9 Å². The molecule has 11 nitrogen and oxygen atoms in total. The van der Waals surface area contributed by atoms with E-state index >= 15 is 0 Å². The summed E-state index contributed by atoms with van der Waals surface area (Å²) >= 11 is 1.54. The maximum atomic E-state index is 12.8. The number of imidazole rings is 1. The van der Waals surface area contributed by atoms with Gasteiger partial charge in [-0.2, -0.15) is 0 Å². The van der Waals surface area contributed by atoms with Gasteiger partial charge in [0.1, 0.15) is 31.6 Å². The molecule has 1 atom stereocenters. The summed E-state index contributed by atoms with van der Waals surface area (Å²) in [5.41, 5.74) is 1.84. The Kier molecular flexibility index (Phi) is 9.11. The molecule has 1 unspecified atom stereocenters. The highest BCUT2D eigenvalue weighted by molar-refractivity contribution is 7.99. The standard InChI is InChI=1S/C24H28N6O5S/c1-3-10-33-22-26-23(34-11-4-2)28-24(27-22)35-15-19-14-30(9-12-32-19)21(31)17-36-16-18-13-29-8-6-5-7-20(29)25-18/h3-8,13,19H,1-2,9-12,14-17H2. The van der Waals surface area contributed by atoms with Gasteiger partial charge in [-0.1, -0.05) is 31.4 Å². The van der Waals surface area contributed by atoms with Crippen LogP contribution in [-0.2, 0) is 15.3 Å². The van der Waals surface area contributed by atoms with Gasteiger partial charge in [-0.3, -0.25) is 4.79 Å². The van der Waals surface area contributed by atoms with E-state index in [2.05, 4.69) is 33.1 Å². The quantitative estimate of drug-likeness (QED) is 0.316. The number of morpholine rings is 1. The average molecular weight is 513 g/mol. The molecule has 0 aromatic carbocycles. The largest absolute Gasteiger partial charge is 0.460 e. The third-order valence-electron chi connectivity index (χ3n) is 5.01. The lowest BCUT2D eigenvalue weighted by Crippen LogP contribution is -2.48. The van der Waals surface area contributed by atoms with E-state index in [0.29, 0.717) is 31.2 Å². The number of pyridine rings is 1. The molecule has 4 heterocycles. The fourth-order valence-corrected chi connectivity index (χ4v) is 4.19. The molecular weight excluding hydrogens is 484 g/mol. The second-order valence-corrected chi connectivity index (χ2v) is 8.70. The summed E-state index contributed by atoms with van der Waals surface area (Å²) in [5, 5.41) is 0. The Morgan fingerprint density at radius 1 is 1.08 bits per heavy atom. The highest BCUT2D eigenvalue weighted by Gasteiger charge is 2.25. The fourth-order valence-electron chi connectivity index (χ4n) is 3.39. The number of rotatable bonds is 13. The predicted molar refractivity (Wildman–Crippen MR) is 134 cm³/mol. The maximum Gasteiger partial charge on any atom is 0.326 e. The normalized spacial score (nSPS) is 15.4. The van der Waals surface area contributed by atoms with Gasteiger partial charge in [-0.25, -0.2) is 4.98 Å². The summed E-state index contributed by atoms with van der Waals surface area (Å²) < 4.78 is 24.3. The van der Waals surface area contributed by atoms with Gasteiger partial charge >= 0.3 is 18.0 Å². The van der Waals surface area contributed by atoms with Crippen LogP contribution in [0.5, 0.6) is 18.0 Å². The van der Waals surface area contributed by atoms with Gasteiger partial charge in [0.25, 0.3) is 0 Å². The van der Waals surface area contributed by atoms with E-state index in [1.165, 1.54) is 0 Å². The van der Waals surface area contributed by atoms with Gasteiger partial charge in [-0.05, 0) is 12.1 Å². The lowest BCUT2D eigenvalue weighted by molar-refractivity contribution is -0.137. The van der Waals surface area contributed by atoms with Gasteiger partial charge in [0.15, 0.2) is 0 Å². The number of hydrogen-bond donors (Lipinski definition) is 0. The van der Waals surface area contributed by atoms with Crippen molar-refractivity contribution in [1.29, 1.82) is 0 Å². The molecular formula is C24H28N6O5S. The molecule has 190 valence electrons. The van der Waals surface area contributed by atoms with Crippen molar-refractivity contribution < 1.29 is 23.7 Å². The molecule has 0 saturated carbocycles. The minimum absolute atomic E-state index is 0.0400. The molecule has 0 spiro atoms. The Morgan fingerprint density at radius 3 is 2.50 bits per heavy atom. The second-order valence-electron chi connectivity index (χ2n) is 7.72. The summed E-state index contributed by atoms with van der Waals surface area (Å²) in [7, 11) is 0. The second kappa shape index (κ2) is 12.9. The molecule has 1 amide bonds. The molecule has 0 N–H and O–H groups in total. The molecule has 0 radical (unpaired) electrons. The number of hydrogen-bond acceptors (Lipinski definition) is 10. The molecule has 0 bridgehead atoms. The molecule has 3 aromatic heterocycles. The van der Waals surface area contributed by atoms with Crippen molar-refractivity contribution >= 4 is 23.3 Å². The van der Waals surface area contributed by atoms with E-state index in [9.17, 15) is 4.79 Å². The Hall–Kier alpha value is -3.64. The fraction of sp³-hybridized carbons (Fsp3) is 0.375. The van der Waals surface area contributed by atoms with Crippen molar-refractivity contribution in [3.05, 3.63) is 61.6 Å². The van der Waals surface area contributed by atoms with Gasteiger partial charge < -0.3 is 28.2 Å². The molecule has 3 aromatic rings. The minimum atomic E-state index is -0.321. The molecule has 0 aliphatic carbocycles. The molecule has 1 saturated heterocycles. The third-order valence-corrected chi connectivity index (χ3v) is 5.96. The Balaban J connectivity index is 1.26. The van der Waals surface area contributed by atoms with Crippen LogP contribution in [0, 0.1) is 0 Å². The summed E-state index contributed by atoms with van der Waals surface area (Å²) in [6.07, 6.45) is 6.77. The van der Waals surface area contributed by atoms with Crippen molar-refractivity contribution in [3.8, 4) is 18.0 Å². The van der Waals surface area contributed by atoms with Crippen LogP contribution < -0.4 is 14.2 Å². The number of carbonyl (C=O) groups excluding carboxylic acids is 1. The van der Waals surface area contributed by atoms with E-state index in [1.54, 1.807) is 28.8 Å². The van der Waals surface area contributed by atoms with Gasteiger partial charge in [0.05, 0.1) is 24.6 Å². The number of amides is 1. The number of thioether (sulfide) groups is 1. The van der Waals surface area contributed by atoms with Crippen LogP contribution in [0.2, 0.25) is 0 Å². The zero-order valence-corrected chi connectivity index (χ0v) is 20.6. The van der Waals surface area contributed by atoms with E-state index < -0.39 is 0 Å². The van der Waals surface area contributed by atoms with Crippen LogP contribution >= 0.6 is 11.8 Å². The Bertz CT molecular complexity index is 1130. The smallest absolute Gasteiger partial charge is 0.326 e. The lowest BCUT2D eigenvalue weighted by Gasteiger charge is -2.32. The van der Waals surface area contributed by atoms with E-state index in [1.807, 2.05) is 35.0 Å². The summed E-state index contributed by atoms with van der Waals surface area (Å²) in [4.78, 5) is 31.5. The van der Waals surface area contributed by atoms with Gasteiger partial charge in [0, 0.05) is 24.7 Å². The number of aromatic nitrogens is 5. The average Bonchev–Trinajstić information content (AvgIpc) is 3.32. The van der Waals surface area contributed by atoms with E-state index in [-0.39, 0.29) is 49.9 Å². The highest BCUT2D eigenvalue weighted by atomic mass is 32.2. The number of nitrogens with zero attached hydrogens (tertiary/aromatic N) is 6. The van der Waals surface area contributed by atoms with Crippen LogP contribution in [0.25, 0.3) is 5.65 Å². The first-order chi connectivity index (χ1) is 17.6. The SMILES string of the molecule is C=CCOc1nc(OCC=C)nc(OCC2CN(C(=O)CSCc3cn4ccccc4n3)CCO2)n1. The number of ether oxygens (including phenoxy) is 4. The van der Waals surface area contributed by atoms with Crippen molar-refractivity contribution in [2.24, 2.45) is 0 Å². The molecule has 1 fully saturated rings. The minimum Gasteiger partial charge on any atom is -0.460 e. The molecule has 36 heavy (non-hydrogen) atoms. The van der Waals surface area contributed by atoms with Gasteiger partial charge in [0.2, 0.25) is 5.91 Å². The number of carbonyl (C=O) groups is 1. The van der Waals surface area contributed by atoms with Crippen molar-refractivity contribution in [2.75, 3.05) is 45.3 Å². The first-order valence-corrected chi connectivity index (χ1v) is 12.6. The van der Waals surface area contributed by atoms with Crippen LogP contribution in [0.1, 0.15) is 5.69 Å². The molecule has 1 aliphatic heterocycles. The zero-order valence-electron chi connectivity index (χ0n) is 19.8. The summed E-state index contributed by atoms with van der Waals surface area (Å²) in [6, 6.07) is 6.02. The first kappa shape index (κ1) is 25.5. The van der Waals surface area contributed by atoms with Crippen LogP contribution in [0.3, 0.4) is 0 Å². The Morgan fingerprint density at radius 2 is 1.81 bits per heavy atom. The topological polar surface area (TPSA) is 113 Å². The first-order valence-electron chi connectivity index (χ1n) is 11.4. The maximum absolute atomic E-state index is 12.8. The zero-order chi connectivity index (χ0) is 25.2. The van der Waals surface area contributed by atoms with Crippen LogP contribution in [-0.4, -0.2) is 86.5 Å². The lowest BCUT2D eigenvalue weighted by atomic mass is 10.3. The predicted octanol–water partition coefficient (Wildman–Crippen LogP) is 2.19. The monoisotopic (exact) mass is 512 g/mol. The molecule has 4 rings (SSSR count).